The number of halogens is 3. The van der Waals surface area contributed by atoms with Gasteiger partial charge in [0.25, 0.3) is 0 Å². The molecule has 0 aliphatic heterocycles. The van der Waals surface area contributed by atoms with Crippen molar-refractivity contribution in [3.8, 4) is 0 Å². The van der Waals surface area contributed by atoms with E-state index in [4.69, 9.17) is 17.3 Å². The topological polar surface area (TPSA) is 58.4 Å². The Morgan fingerprint density at radius 2 is 1.96 bits per heavy atom. The number of hydrogen-bond donors (Lipinski definition) is 2. The van der Waals surface area contributed by atoms with Crippen LogP contribution >= 0.6 is 36.4 Å². The van der Waals surface area contributed by atoms with Crippen LogP contribution in [0.4, 0.5) is 11.4 Å². The minimum atomic E-state index is 0. The average Bonchev–Trinajstić information content (AvgIpc) is 2.41. The normalized spacial score (nSPS) is 20.0. The molecule has 2 rings (SSSR count). The minimum Gasteiger partial charge on any atom is -0.376 e. The molecule has 2 unspecified atom stereocenters. The monoisotopic (exact) mass is 381 g/mol. The number of carbonyl (C=O) groups is 1. The van der Waals surface area contributed by atoms with Crippen LogP contribution in [0.5, 0.6) is 0 Å². The van der Waals surface area contributed by atoms with Crippen LogP contribution in [-0.2, 0) is 4.79 Å². The van der Waals surface area contributed by atoms with Crippen molar-refractivity contribution in [1.82, 2.24) is 0 Å². The minimum absolute atomic E-state index is 0. The zero-order valence-corrected chi connectivity index (χ0v) is 15.9. The van der Waals surface area contributed by atoms with Crippen molar-refractivity contribution in [2.45, 2.75) is 38.1 Å². The second-order valence-corrected chi connectivity index (χ2v) is 6.45. The van der Waals surface area contributed by atoms with E-state index in [1.54, 1.807) is 6.07 Å². The molecule has 1 amide bonds. The zero-order valence-electron chi connectivity index (χ0n) is 13.5. The summed E-state index contributed by atoms with van der Waals surface area (Å²) >= 11 is 6.03. The summed E-state index contributed by atoms with van der Waals surface area (Å²) in [6.07, 6.45) is 4.91. The Balaban J connectivity index is 0.00000242. The van der Waals surface area contributed by atoms with Crippen molar-refractivity contribution in [2.75, 3.05) is 24.3 Å². The van der Waals surface area contributed by atoms with Crippen molar-refractivity contribution in [1.29, 1.82) is 0 Å². The van der Waals surface area contributed by atoms with Crippen LogP contribution in [0.3, 0.4) is 0 Å². The van der Waals surface area contributed by atoms with Crippen LogP contribution < -0.4 is 16.0 Å². The lowest BCUT2D eigenvalue weighted by atomic mass is 9.83. The van der Waals surface area contributed by atoms with Crippen molar-refractivity contribution < 1.29 is 4.79 Å². The van der Waals surface area contributed by atoms with Gasteiger partial charge in [0.05, 0.1) is 11.4 Å². The fourth-order valence-electron chi connectivity index (χ4n) is 2.93. The summed E-state index contributed by atoms with van der Waals surface area (Å²) in [7, 11) is 3.88. The van der Waals surface area contributed by atoms with Gasteiger partial charge in [-0.3, -0.25) is 4.79 Å². The Labute approximate surface area is 155 Å². The van der Waals surface area contributed by atoms with Gasteiger partial charge < -0.3 is 16.0 Å². The van der Waals surface area contributed by atoms with Crippen molar-refractivity contribution in [3.05, 3.63) is 23.2 Å². The summed E-state index contributed by atoms with van der Waals surface area (Å²) in [5.74, 6) is 0.309. The van der Waals surface area contributed by atoms with Gasteiger partial charge in [-0.25, -0.2) is 0 Å². The first-order chi connectivity index (χ1) is 9.97. The first-order valence-electron chi connectivity index (χ1n) is 7.49. The summed E-state index contributed by atoms with van der Waals surface area (Å²) in [5.41, 5.74) is 7.81. The molecule has 0 heterocycles. The fraction of sp³-hybridized carbons (Fsp3) is 0.562. The summed E-state index contributed by atoms with van der Waals surface area (Å²) in [6, 6.07) is 5.67. The summed E-state index contributed by atoms with van der Waals surface area (Å²) in [6.45, 7) is 0. The van der Waals surface area contributed by atoms with Crippen LogP contribution in [-0.4, -0.2) is 26.0 Å². The zero-order chi connectivity index (χ0) is 15.4. The third-order valence-electron chi connectivity index (χ3n) is 4.13. The number of nitrogens with zero attached hydrogens (tertiary/aromatic N) is 1. The molecule has 1 aromatic rings. The SMILES string of the molecule is CN(C)c1ccc(Cl)cc1NC(=O)CC1CCCCC1N.Cl.Cl. The number of benzene rings is 1. The van der Waals surface area contributed by atoms with Crippen molar-refractivity contribution >= 4 is 53.7 Å². The van der Waals surface area contributed by atoms with Crippen LogP contribution in [0.15, 0.2) is 18.2 Å². The molecule has 1 fully saturated rings. The van der Waals surface area contributed by atoms with Crippen molar-refractivity contribution in [3.63, 3.8) is 0 Å². The Morgan fingerprint density at radius 1 is 1.30 bits per heavy atom. The first-order valence-corrected chi connectivity index (χ1v) is 7.87. The molecule has 132 valence electrons. The first kappa shape index (κ1) is 22.3. The molecule has 1 saturated carbocycles. The standard InChI is InChI=1S/C16H24ClN3O.2ClH/c1-20(2)15-8-7-12(17)10-14(15)19-16(21)9-11-5-3-4-6-13(11)18;;/h7-8,10-11,13H,3-6,9,18H2,1-2H3,(H,19,21);2*1H. The molecular weight excluding hydrogens is 357 g/mol. The fourth-order valence-corrected chi connectivity index (χ4v) is 3.10. The molecular formula is C16H26Cl3N3O. The third kappa shape index (κ3) is 6.38. The Morgan fingerprint density at radius 3 is 2.57 bits per heavy atom. The highest BCUT2D eigenvalue weighted by atomic mass is 35.5. The molecule has 2 atom stereocenters. The third-order valence-corrected chi connectivity index (χ3v) is 4.37. The van der Waals surface area contributed by atoms with Gasteiger partial charge in [-0.1, -0.05) is 24.4 Å². The predicted molar refractivity (Wildman–Crippen MR) is 103 cm³/mol. The molecule has 1 aromatic carbocycles. The van der Waals surface area contributed by atoms with E-state index in [1.165, 1.54) is 12.8 Å². The number of nitrogens with two attached hydrogens (primary N) is 1. The molecule has 1 aliphatic rings. The van der Waals surface area contributed by atoms with Gasteiger partial charge in [0.1, 0.15) is 0 Å². The molecule has 0 aromatic heterocycles. The van der Waals surface area contributed by atoms with Gasteiger partial charge in [0, 0.05) is 31.6 Å². The lowest BCUT2D eigenvalue weighted by Gasteiger charge is -2.28. The highest BCUT2D eigenvalue weighted by Crippen LogP contribution is 2.30. The van der Waals surface area contributed by atoms with Crippen LogP contribution in [0.25, 0.3) is 0 Å². The summed E-state index contributed by atoms with van der Waals surface area (Å²) in [5, 5.41) is 3.60. The average molecular weight is 383 g/mol. The van der Waals surface area contributed by atoms with Gasteiger partial charge in [-0.2, -0.15) is 0 Å². The van der Waals surface area contributed by atoms with Gasteiger partial charge in [-0.05, 0) is 37.0 Å². The number of hydrogen-bond acceptors (Lipinski definition) is 3. The van der Waals surface area contributed by atoms with Gasteiger partial charge in [0.2, 0.25) is 5.91 Å². The molecule has 4 nitrogen and oxygen atoms in total. The van der Waals surface area contributed by atoms with Crippen LogP contribution in [0.2, 0.25) is 5.02 Å². The number of nitrogens with one attached hydrogen (secondary N) is 1. The second kappa shape index (κ2) is 10.2. The highest BCUT2D eigenvalue weighted by molar-refractivity contribution is 6.31. The lowest BCUT2D eigenvalue weighted by Crippen LogP contribution is -2.35. The smallest absolute Gasteiger partial charge is 0.224 e. The van der Waals surface area contributed by atoms with Crippen LogP contribution in [0.1, 0.15) is 32.1 Å². The summed E-state index contributed by atoms with van der Waals surface area (Å²) in [4.78, 5) is 14.2. The maximum Gasteiger partial charge on any atom is 0.224 e. The van der Waals surface area contributed by atoms with E-state index in [9.17, 15) is 4.79 Å². The van der Waals surface area contributed by atoms with E-state index in [2.05, 4.69) is 5.32 Å². The van der Waals surface area contributed by atoms with Crippen molar-refractivity contribution in [2.24, 2.45) is 11.7 Å². The lowest BCUT2D eigenvalue weighted by molar-refractivity contribution is -0.117. The number of carbonyl (C=O) groups excluding carboxylic acids is 1. The Kier molecular flexibility index (Phi) is 9.94. The van der Waals surface area contributed by atoms with Gasteiger partial charge in [0.15, 0.2) is 0 Å². The quantitative estimate of drug-likeness (QED) is 0.824. The molecule has 0 spiro atoms. The molecule has 3 N–H and O–H groups in total. The number of amides is 1. The van der Waals surface area contributed by atoms with E-state index in [1.807, 2.05) is 31.1 Å². The van der Waals surface area contributed by atoms with E-state index < -0.39 is 0 Å². The molecule has 7 heteroatoms. The molecule has 0 radical (unpaired) electrons. The van der Waals surface area contributed by atoms with E-state index >= 15 is 0 Å². The highest BCUT2D eigenvalue weighted by Gasteiger charge is 2.24. The second-order valence-electron chi connectivity index (χ2n) is 6.02. The molecule has 0 bridgehead atoms. The van der Waals surface area contributed by atoms with Crippen LogP contribution in [0, 0.1) is 5.92 Å². The molecule has 0 saturated heterocycles. The maximum absolute atomic E-state index is 12.3. The van der Waals surface area contributed by atoms with Gasteiger partial charge in [-0.15, -0.1) is 24.8 Å². The Bertz CT molecular complexity index is 511. The Hall–Kier alpha value is -0.680. The maximum atomic E-state index is 12.3. The van der Waals surface area contributed by atoms with E-state index in [0.717, 1.165) is 24.2 Å². The number of anilines is 2. The predicted octanol–water partition coefficient (Wildman–Crippen LogP) is 4.10. The molecule has 23 heavy (non-hydrogen) atoms. The van der Waals surface area contributed by atoms with Gasteiger partial charge >= 0.3 is 0 Å². The van der Waals surface area contributed by atoms with E-state index in [-0.39, 0.29) is 36.8 Å². The largest absolute Gasteiger partial charge is 0.376 e. The number of rotatable bonds is 4. The van der Waals surface area contributed by atoms with E-state index in [0.29, 0.717) is 17.4 Å². The molecule has 1 aliphatic carbocycles. The summed E-state index contributed by atoms with van der Waals surface area (Å²) < 4.78 is 0.